The highest BCUT2D eigenvalue weighted by Crippen LogP contribution is 2.43. The number of methoxy groups -OCH3 is 4. The molecule has 1 heterocycles. The summed E-state index contributed by atoms with van der Waals surface area (Å²) in [5, 5.41) is 0.707. The zero-order valence-electron chi connectivity index (χ0n) is 18.1. The van der Waals surface area contributed by atoms with Crippen LogP contribution in [-0.4, -0.2) is 40.3 Å². The Kier molecular flexibility index (Phi) is 7.01. The quantitative estimate of drug-likeness (QED) is 0.435. The van der Waals surface area contributed by atoms with Crippen molar-refractivity contribution in [3.05, 3.63) is 62.8 Å². The molecular formula is C23H21Cl2NO6. The van der Waals surface area contributed by atoms with Gasteiger partial charge in [0.1, 0.15) is 0 Å². The summed E-state index contributed by atoms with van der Waals surface area (Å²) in [4.78, 5) is 27.5. The van der Waals surface area contributed by atoms with Crippen molar-refractivity contribution in [3.63, 3.8) is 0 Å². The summed E-state index contributed by atoms with van der Waals surface area (Å²) >= 11 is 12.3. The second kappa shape index (κ2) is 9.54. The van der Waals surface area contributed by atoms with E-state index in [1.54, 1.807) is 43.3 Å². The highest BCUT2D eigenvalue weighted by atomic mass is 35.5. The molecule has 1 aliphatic rings. The van der Waals surface area contributed by atoms with Crippen LogP contribution in [0.4, 0.5) is 5.69 Å². The van der Waals surface area contributed by atoms with Crippen molar-refractivity contribution in [2.24, 2.45) is 0 Å². The Morgan fingerprint density at radius 2 is 1.56 bits per heavy atom. The number of allylic oxidation sites excluding steroid dienone is 1. The van der Waals surface area contributed by atoms with Crippen molar-refractivity contribution < 1.29 is 28.5 Å². The van der Waals surface area contributed by atoms with E-state index in [1.807, 2.05) is 0 Å². The minimum Gasteiger partial charge on any atom is -0.493 e. The fourth-order valence-corrected chi connectivity index (χ4v) is 4.07. The maximum absolute atomic E-state index is 13.5. The number of benzene rings is 2. The summed E-state index contributed by atoms with van der Waals surface area (Å²) in [7, 11) is 5.71. The monoisotopic (exact) mass is 477 g/mol. The van der Waals surface area contributed by atoms with Gasteiger partial charge in [0.15, 0.2) is 11.5 Å². The lowest BCUT2D eigenvalue weighted by atomic mass is 10.0. The molecular weight excluding hydrogens is 457 g/mol. The molecule has 168 valence electrons. The zero-order valence-corrected chi connectivity index (χ0v) is 19.6. The van der Waals surface area contributed by atoms with Gasteiger partial charge in [-0.15, -0.1) is 0 Å². The molecule has 7 nitrogen and oxygen atoms in total. The van der Waals surface area contributed by atoms with E-state index in [0.29, 0.717) is 44.2 Å². The first kappa shape index (κ1) is 23.5. The van der Waals surface area contributed by atoms with Crippen LogP contribution in [0.15, 0.2) is 47.2 Å². The van der Waals surface area contributed by atoms with Crippen LogP contribution in [0.2, 0.25) is 10.0 Å². The topological polar surface area (TPSA) is 74.3 Å². The molecule has 0 aromatic heterocycles. The van der Waals surface area contributed by atoms with E-state index in [1.165, 1.54) is 33.3 Å². The van der Waals surface area contributed by atoms with E-state index in [-0.39, 0.29) is 11.1 Å². The lowest BCUT2D eigenvalue weighted by molar-refractivity contribution is -0.136. The van der Waals surface area contributed by atoms with Gasteiger partial charge in [0.25, 0.3) is 5.91 Å². The molecule has 0 saturated heterocycles. The molecule has 9 heteroatoms. The van der Waals surface area contributed by atoms with Gasteiger partial charge in [-0.25, -0.2) is 4.79 Å². The van der Waals surface area contributed by atoms with Crippen molar-refractivity contribution >= 4 is 46.8 Å². The highest BCUT2D eigenvalue weighted by Gasteiger charge is 2.38. The molecule has 0 aliphatic carbocycles. The van der Waals surface area contributed by atoms with Crippen LogP contribution in [0.5, 0.6) is 17.2 Å². The summed E-state index contributed by atoms with van der Waals surface area (Å²) < 4.78 is 21.2. The number of rotatable bonds is 6. The second-order valence-electron chi connectivity index (χ2n) is 6.70. The molecule has 0 N–H and O–H groups in total. The Morgan fingerprint density at radius 3 is 2.09 bits per heavy atom. The van der Waals surface area contributed by atoms with Crippen LogP contribution in [-0.2, 0) is 14.3 Å². The van der Waals surface area contributed by atoms with Crippen molar-refractivity contribution in [2.45, 2.75) is 6.92 Å². The van der Waals surface area contributed by atoms with Crippen LogP contribution in [0.1, 0.15) is 12.5 Å². The molecule has 1 aliphatic heterocycles. The number of nitrogens with zero attached hydrogens (tertiary/aromatic N) is 1. The third-order valence-electron chi connectivity index (χ3n) is 4.93. The van der Waals surface area contributed by atoms with Gasteiger partial charge in [0, 0.05) is 21.3 Å². The number of amides is 1. The zero-order chi connectivity index (χ0) is 23.6. The molecule has 0 fully saturated rings. The normalized spacial score (nSPS) is 14.8. The van der Waals surface area contributed by atoms with Gasteiger partial charge in [0.2, 0.25) is 5.75 Å². The predicted molar refractivity (Wildman–Crippen MR) is 123 cm³/mol. The van der Waals surface area contributed by atoms with E-state index in [9.17, 15) is 9.59 Å². The maximum Gasteiger partial charge on any atom is 0.340 e. The molecule has 0 saturated carbocycles. The maximum atomic E-state index is 13.5. The lowest BCUT2D eigenvalue weighted by Crippen LogP contribution is -2.24. The van der Waals surface area contributed by atoms with Gasteiger partial charge in [-0.1, -0.05) is 23.2 Å². The van der Waals surface area contributed by atoms with E-state index in [4.69, 9.17) is 42.1 Å². The van der Waals surface area contributed by atoms with Gasteiger partial charge in [-0.3, -0.25) is 9.69 Å². The van der Waals surface area contributed by atoms with Crippen LogP contribution < -0.4 is 19.1 Å². The summed E-state index contributed by atoms with van der Waals surface area (Å²) in [5.41, 5.74) is 1.55. The first-order valence-electron chi connectivity index (χ1n) is 9.38. The number of halogens is 2. The molecule has 0 unspecified atom stereocenters. The van der Waals surface area contributed by atoms with Crippen molar-refractivity contribution in [3.8, 4) is 17.2 Å². The average Bonchev–Trinajstić information content (AvgIpc) is 3.01. The summed E-state index contributed by atoms with van der Waals surface area (Å²) in [6.45, 7) is 1.64. The third kappa shape index (κ3) is 4.13. The van der Waals surface area contributed by atoms with E-state index in [2.05, 4.69) is 0 Å². The van der Waals surface area contributed by atoms with Gasteiger partial charge < -0.3 is 18.9 Å². The summed E-state index contributed by atoms with van der Waals surface area (Å²) in [5.74, 6) is 0.0569. The lowest BCUT2D eigenvalue weighted by Gasteiger charge is -2.18. The number of hydrogen-bond acceptors (Lipinski definition) is 6. The third-order valence-corrected chi connectivity index (χ3v) is 5.37. The highest BCUT2D eigenvalue weighted by molar-refractivity contribution is 6.35. The smallest absolute Gasteiger partial charge is 0.340 e. The summed E-state index contributed by atoms with van der Waals surface area (Å²) in [6, 6.07) is 8.10. The first-order valence-corrected chi connectivity index (χ1v) is 10.1. The number of hydrogen-bond donors (Lipinski definition) is 0. The minimum absolute atomic E-state index is 0.116. The van der Waals surface area contributed by atoms with Crippen LogP contribution in [0.25, 0.3) is 6.08 Å². The number of ether oxygens (including phenoxy) is 4. The molecule has 1 amide bonds. The molecule has 2 aromatic carbocycles. The molecule has 32 heavy (non-hydrogen) atoms. The molecule has 0 spiro atoms. The number of esters is 1. The number of anilines is 1. The van der Waals surface area contributed by atoms with Gasteiger partial charge >= 0.3 is 5.97 Å². The molecule has 0 radical (unpaired) electrons. The van der Waals surface area contributed by atoms with Crippen molar-refractivity contribution in [2.75, 3.05) is 33.3 Å². The molecule has 3 rings (SSSR count). The standard InChI is InChI=1S/C23H21Cl2NO6/c1-12-19(23(28)32-5)17(22(27)26(12)16-10-14(24)9-15(25)11-16)8-13-6-7-18(29-2)21(31-4)20(13)30-3/h6-11H,1-5H3/b17-8-. The second-order valence-corrected chi connectivity index (χ2v) is 7.57. The van der Waals surface area contributed by atoms with E-state index in [0.717, 1.165) is 0 Å². The van der Waals surface area contributed by atoms with Crippen LogP contribution in [0.3, 0.4) is 0 Å². The number of carbonyl (C=O) groups excluding carboxylic acids is 2. The Labute approximate surface area is 195 Å². The summed E-state index contributed by atoms with van der Waals surface area (Å²) in [6.07, 6.45) is 1.55. The van der Waals surface area contributed by atoms with E-state index < -0.39 is 11.9 Å². The van der Waals surface area contributed by atoms with Gasteiger partial charge in [-0.05, 0) is 43.3 Å². The Hall–Kier alpha value is -3.16. The molecule has 2 aromatic rings. The fraction of sp³-hybridized carbons (Fsp3) is 0.217. The SMILES string of the molecule is COC(=O)C1=C(C)N(c2cc(Cl)cc(Cl)c2)C(=O)/C1=C\c1ccc(OC)c(OC)c1OC. The van der Waals surface area contributed by atoms with E-state index >= 15 is 0 Å². The first-order chi connectivity index (χ1) is 15.3. The van der Waals surface area contributed by atoms with Gasteiger partial charge in [-0.2, -0.15) is 0 Å². The molecule has 0 bridgehead atoms. The van der Waals surface area contributed by atoms with Crippen LogP contribution >= 0.6 is 23.2 Å². The minimum atomic E-state index is -0.655. The Balaban J connectivity index is 2.23. The largest absolute Gasteiger partial charge is 0.493 e. The van der Waals surface area contributed by atoms with Crippen LogP contribution in [0, 0.1) is 0 Å². The molecule has 0 atom stereocenters. The average molecular weight is 478 g/mol. The van der Waals surface area contributed by atoms with Crippen molar-refractivity contribution in [1.29, 1.82) is 0 Å². The van der Waals surface area contributed by atoms with Gasteiger partial charge in [0.05, 0.1) is 45.3 Å². The fourth-order valence-electron chi connectivity index (χ4n) is 3.55. The predicted octanol–water partition coefficient (Wildman–Crippen LogP) is 4.90. The number of carbonyl (C=O) groups is 2. The van der Waals surface area contributed by atoms with Crippen molar-refractivity contribution in [1.82, 2.24) is 0 Å². The Bertz CT molecular complexity index is 1140. The Morgan fingerprint density at radius 1 is 0.938 bits per heavy atom.